The molecule has 0 spiro atoms. The molecule has 15 heavy (non-hydrogen) atoms. The highest BCUT2D eigenvalue weighted by Crippen LogP contribution is 1.96. The normalized spacial score (nSPS) is 12.3. The molecule has 0 fully saturated rings. The molecule has 1 N–H and O–H groups in total. The quantitative estimate of drug-likeness (QED) is 0.619. The summed E-state index contributed by atoms with van der Waals surface area (Å²) in [6, 6.07) is 0. The second kappa shape index (κ2) is 8.07. The van der Waals surface area contributed by atoms with E-state index in [-0.39, 0.29) is 5.25 Å². The first kappa shape index (κ1) is 14.9. The van der Waals surface area contributed by atoms with Crippen molar-refractivity contribution in [3.05, 3.63) is 0 Å². The summed E-state index contributed by atoms with van der Waals surface area (Å²) >= 11 is 0. The average molecular weight is 237 g/mol. The van der Waals surface area contributed by atoms with Crippen molar-refractivity contribution < 1.29 is 13.2 Å². The zero-order chi connectivity index (χ0) is 11.7. The molecule has 0 aliphatic carbocycles. The Labute approximate surface area is 93.4 Å². The standard InChI is InChI=1S/C10H23NO3S/c1-4-5-8-14-9-6-7-11-15(12,13)10(2)3/h10-11H,4-9H2,1-3H3. The van der Waals surface area contributed by atoms with Gasteiger partial charge in [-0.15, -0.1) is 0 Å². The van der Waals surface area contributed by atoms with Crippen molar-refractivity contribution in [3.8, 4) is 0 Å². The van der Waals surface area contributed by atoms with Gasteiger partial charge in [0.15, 0.2) is 0 Å². The van der Waals surface area contributed by atoms with Crippen LogP contribution in [0.4, 0.5) is 0 Å². The first-order valence-corrected chi connectivity index (χ1v) is 7.11. The number of hydrogen-bond donors (Lipinski definition) is 1. The van der Waals surface area contributed by atoms with E-state index in [1.165, 1.54) is 0 Å². The average Bonchev–Trinajstić information content (AvgIpc) is 2.16. The summed E-state index contributed by atoms with van der Waals surface area (Å²) in [6.45, 7) is 7.31. The van der Waals surface area contributed by atoms with Crippen molar-refractivity contribution in [3.63, 3.8) is 0 Å². The van der Waals surface area contributed by atoms with Gasteiger partial charge < -0.3 is 4.74 Å². The van der Waals surface area contributed by atoms with Crippen LogP contribution in [0.1, 0.15) is 40.0 Å². The largest absolute Gasteiger partial charge is 0.381 e. The molecule has 92 valence electrons. The zero-order valence-electron chi connectivity index (χ0n) is 9.95. The van der Waals surface area contributed by atoms with Gasteiger partial charge in [-0.2, -0.15) is 0 Å². The highest BCUT2D eigenvalue weighted by Gasteiger charge is 2.13. The highest BCUT2D eigenvalue weighted by atomic mass is 32.2. The Hall–Kier alpha value is -0.130. The number of nitrogens with one attached hydrogen (secondary N) is 1. The van der Waals surface area contributed by atoms with Crippen LogP contribution in [-0.4, -0.2) is 33.4 Å². The maximum atomic E-state index is 11.3. The monoisotopic (exact) mass is 237 g/mol. The van der Waals surface area contributed by atoms with Crippen molar-refractivity contribution in [2.24, 2.45) is 0 Å². The van der Waals surface area contributed by atoms with Gasteiger partial charge in [-0.3, -0.25) is 0 Å². The second-order valence-corrected chi connectivity index (χ2v) is 6.13. The van der Waals surface area contributed by atoms with Crippen LogP contribution in [0.15, 0.2) is 0 Å². The fraction of sp³-hybridized carbons (Fsp3) is 1.00. The van der Waals surface area contributed by atoms with Crippen LogP contribution in [0.5, 0.6) is 0 Å². The summed E-state index contributed by atoms with van der Waals surface area (Å²) in [5.74, 6) is 0. The lowest BCUT2D eigenvalue weighted by molar-refractivity contribution is 0.130. The molecule has 5 heteroatoms. The molecular weight excluding hydrogens is 214 g/mol. The summed E-state index contributed by atoms with van der Waals surface area (Å²) in [7, 11) is -3.10. The molecule has 0 amide bonds. The maximum Gasteiger partial charge on any atom is 0.213 e. The van der Waals surface area contributed by atoms with Crippen LogP contribution in [0.3, 0.4) is 0 Å². The topological polar surface area (TPSA) is 55.4 Å². The Morgan fingerprint density at radius 3 is 2.33 bits per heavy atom. The molecule has 0 radical (unpaired) electrons. The van der Waals surface area contributed by atoms with Crippen molar-refractivity contribution in [2.45, 2.75) is 45.3 Å². The molecule has 0 aliphatic rings. The van der Waals surface area contributed by atoms with Crippen LogP contribution in [0.25, 0.3) is 0 Å². The number of ether oxygens (including phenoxy) is 1. The highest BCUT2D eigenvalue weighted by molar-refractivity contribution is 7.90. The Morgan fingerprint density at radius 1 is 1.20 bits per heavy atom. The zero-order valence-corrected chi connectivity index (χ0v) is 10.8. The SMILES string of the molecule is CCCCOCCCNS(=O)(=O)C(C)C. The van der Waals surface area contributed by atoms with E-state index in [1.807, 2.05) is 0 Å². The first-order valence-electron chi connectivity index (χ1n) is 5.57. The van der Waals surface area contributed by atoms with E-state index >= 15 is 0 Å². The van der Waals surface area contributed by atoms with Crippen molar-refractivity contribution in [2.75, 3.05) is 19.8 Å². The molecule has 0 aliphatic heterocycles. The lowest BCUT2D eigenvalue weighted by atomic mass is 10.4. The third-order valence-electron chi connectivity index (χ3n) is 2.03. The fourth-order valence-corrected chi connectivity index (χ4v) is 1.67. The smallest absolute Gasteiger partial charge is 0.213 e. The predicted molar refractivity (Wildman–Crippen MR) is 62.4 cm³/mol. The van der Waals surface area contributed by atoms with Gasteiger partial charge in [0.05, 0.1) is 5.25 Å². The molecule has 0 saturated heterocycles. The third-order valence-corrected chi connectivity index (χ3v) is 3.88. The van der Waals surface area contributed by atoms with E-state index in [1.54, 1.807) is 13.8 Å². The number of hydrogen-bond acceptors (Lipinski definition) is 3. The van der Waals surface area contributed by atoms with Gasteiger partial charge in [-0.05, 0) is 26.7 Å². The van der Waals surface area contributed by atoms with Crippen LogP contribution < -0.4 is 4.72 Å². The lowest BCUT2D eigenvalue weighted by Gasteiger charge is -2.09. The molecule has 0 aromatic rings. The molecule has 0 saturated carbocycles. The van der Waals surface area contributed by atoms with Gasteiger partial charge in [-0.1, -0.05) is 13.3 Å². The molecule has 0 heterocycles. The Balaban J connectivity index is 3.39. The van der Waals surface area contributed by atoms with Crippen LogP contribution in [0.2, 0.25) is 0 Å². The number of rotatable bonds is 9. The van der Waals surface area contributed by atoms with E-state index in [4.69, 9.17) is 4.74 Å². The fourth-order valence-electron chi connectivity index (χ4n) is 0.904. The Morgan fingerprint density at radius 2 is 1.80 bits per heavy atom. The van der Waals surface area contributed by atoms with Gasteiger partial charge in [0.2, 0.25) is 10.0 Å². The minimum atomic E-state index is -3.10. The summed E-state index contributed by atoms with van der Waals surface area (Å²) in [6.07, 6.45) is 2.92. The molecule has 0 bridgehead atoms. The van der Waals surface area contributed by atoms with E-state index in [2.05, 4.69) is 11.6 Å². The maximum absolute atomic E-state index is 11.3. The third kappa shape index (κ3) is 7.76. The van der Waals surface area contributed by atoms with E-state index in [9.17, 15) is 8.42 Å². The minimum absolute atomic E-state index is 0.362. The molecule has 0 unspecified atom stereocenters. The van der Waals surface area contributed by atoms with Gasteiger partial charge in [0, 0.05) is 19.8 Å². The summed E-state index contributed by atoms with van der Waals surface area (Å²) in [5, 5.41) is -0.362. The van der Waals surface area contributed by atoms with Crippen LogP contribution in [-0.2, 0) is 14.8 Å². The van der Waals surface area contributed by atoms with Crippen LogP contribution in [0, 0.1) is 0 Å². The second-order valence-electron chi connectivity index (χ2n) is 3.81. The molecular formula is C10H23NO3S. The summed E-state index contributed by atoms with van der Waals surface area (Å²) in [4.78, 5) is 0. The van der Waals surface area contributed by atoms with Crippen molar-refractivity contribution >= 4 is 10.0 Å². The number of sulfonamides is 1. The molecule has 0 aromatic carbocycles. The van der Waals surface area contributed by atoms with E-state index in [0.717, 1.165) is 25.9 Å². The van der Waals surface area contributed by atoms with Crippen molar-refractivity contribution in [1.29, 1.82) is 0 Å². The number of unbranched alkanes of at least 4 members (excludes halogenated alkanes) is 1. The lowest BCUT2D eigenvalue weighted by Crippen LogP contribution is -2.31. The van der Waals surface area contributed by atoms with Gasteiger partial charge in [0.25, 0.3) is 0 Å². The molecule has 0 aromatic heterocycles. The predicted octanol–water partition coefficient (Wildman–Crippen LogP) is 1.52. The molecule has 0 rings (SSSR count). The summed E-state index contributed by atoms with van der Waals surface area (Å²) in [5.41, 5.74) is 0. The minimum Gasteiger partial charge on any atom is -0.381 e. The van der Waals surface area contributed by atoms with Gasteiger partial charge in [0.1, 0.15) is 0 Å². The van der Waals surface area contributed by atoms with Crippen molar-refractivity contribution in [1.82, 2.24) is 4.72 Å². The van der Waals surface area contributed by atoms with Gasteiger partial charge in [-0.25, -0.2) is 13.1 Å². The van der Waals surface area contributed by atoms with Crippen LogP contribution >= 0.6 is 0 Å². The Bertz CT molecular complexity index is 237. The first-order chi connectivity index (χ1) is 7.00. The molecule has 0 atom stereocenters. The van der Waals surface area contributed by atoms with E-state index < -0.39 is 10.0 Å². The summed E-state index contributed by atoms with van der Waals surface area (Å²) < 4.78 is 30.5. The van der Waals surface area contributed by atoms with Gasteiger partial charge >= 0.3 is 0 Å². The Kier molecular flexibility index (Phi) is 8.00. The van der Waals surface area contributed by atoms with E-state index in [0.29, 0.717) is 13.2 Å². The molecule has 4 nitrogen and oxygen atoms in total.